The third-order valence-electron chi connectivity index (χ3n) is 2.92. The Hall–Kier alpha value is -3.22. The summed E-state index contributed by atoms with van der Waals surface area (Å²) in [6.07, 6.45) is 0.737. The third kappa shape index (κ3) is 4.92. The number of carbonyl (C=O) groups is 1. The topological polar surface area (TPSA) is 93.8 Å². The first-order valence-electron chi connectivity index (χ1n) is 6.85. The van der Waals surface area contributed by atoms with Crippen molar-refractivity contribution in [3.8, 4) is 5.75 Å². The van der Waals surface area contributed by atoms with E-state index >= 15 is 0 Å². The Bertz CT molecular complexity index is 699. The number of benzene rings is 2. The van der Waals surface area contributed by atoms with Gasteiger partial charge in [-0.25, -0.2) is 5.43 Å². The standard InChI is InChI=1S/C16H15N3O4/c1-12(23-15-9-7-14(8-10-15)19(21)22)16(20)18-17-11-13-5-3-2-4-6-13/h2-12H,1H3,(H,18,20)/b17-11+. The highest BCUT2D eigenvalue weighted by Crippen LogP contribution is 2.18. The van der Waals surface area contributed by atoms with Crippen LogP contribution in [0.4, 0.5) is 5.69 Å². The Morgan fingerprint density at radius 2 is 1.87 bits per heavy atom. The molecular weight excluding hydrogens is 298 g/mol. The summed E-state index contributed by atoms with van der Waals surface area (Å²) in [5.74, 6) is -0.0548. The summed E-state index contributed by atoms with van der Waals surface area (Å²) < 4.78 is 5.41. The fourth-order valence-corrected chi connectivity index (χ4v) is 1.70. The average molecular weight is 313 g/mol. The van der Waals surface area contributed by atoms with E-state index in [4.69, 9.17) is 4.74 Å². The number of hydrazone groups is 1. The summed E-state index contributed by atoms with van der Waals surface area (Å²) in [6.45, 7) is 1.56. The monoisotopic (exact) mass is 313 g/mol. The van der Waals surface area contributed by atoms with Crippen molar-refractivity contribution in [1.29, 1.82) is 0 Å². The second-order valence-electron chi connectivity index (χ2n) is 4.66. The summed E-state index contributed by atoms with van der Waals surface area (Å²) in [6, 6.07) is 14.8. The van der Waals surface area contributed by atoms with E-state index in [1.165, 1.54) is 30.5 Å². The molecule has 23 heavy (non-hydrogen) atoms. The molecule has 118 valence electrons. The van der Waals surface area contributed by atoms with Gasteiger partial charge in [0.05, 0.1) is 11.1 Å². The number of amides is 1. The highest BCUT2D eigenvalue weighted by molar-refractivity contribution is 5.84. The predicted octanol–water partition coefficient (Wildman–Crippen LogP) is 2.51. The van der Waals surface area contributed by atoms with Crippen molar-refractivity contribution in [2.45, 2.75) is 13.0 Å². The van der Waals surface area contributed by atoms with Gasteiger partial charge in [-0.3, -0.25) is 14.9 Å². The van der Waals surface area contributed by atoms with Crippen LogP contribution in [-0.2, 0) is 4.79 Å². The molecule has 0 saturated carbocycles. The highest BCUT2D eigenvalue weighted by atomic mass is 16.6. The Balaban J connectivity index is 1.87. The van der Waals surface area contributed by atoms with Gasteiger partial charge in [-0.05, 0) is 24.6 Å². The van der Waals surface area contributed by atoms with Crippen LogP contribution in [0.2, 0.25) is 0 Å². The second kappa shape index (κ2) is 7.69. The Labute approximate surface area is 132 Å². The minimum atomic E-state index is -0.788. The molecule has 0 bridgehead atoms. The minimum Gasteiger partial charge on any atom is -0.481 e. The Morgan fingerprint density at radius 3 is 2.48 bits per heavy atom. The summed E-state index contributed by atoms with van der Waals surface area (Å²) in [5.41, 5.74) is 3.20. The van der Waals surface area contributed by atoms with Crippen LogP contribution in [0.15, 0.2) is 59.7 Å². The van der Waals surface area contributed by atoms with Gasteiger partial charge in [-0.1, -0.05) is 30.3 Å². The van der Waals surface area contributed by atoms with Crippen molar-refractivity contribution < 1.29 is 14.5 Å². The van der Waals surface area contributed by atoms with Gasteiger partial charge >= 0.3 is 0 Å². The van der Waals surface area contributed by atoms with Crippen molar-refractivity contribution in [1.82, 2.24) is 5.43 Å². The molecule has 1 N–H and O–H groups in total. The number of rotatable bonds is 6. The molecule has 0 heterocycles. The van der Waals surface area contributed by atoms with Crippen LogP contribution >= 0.6 is 0 Å². The fraction of sp³-hybridized carbons (Fsp3) is 0.125. The van der Waals surface area contributed by atoms with Crippen LogP contribution < -0.4 is 10.2 Å². The van der Waals surface area contributed by atoms with E-state index in [0.29, 0.717) is 5.75 Å². The zero-order chi connectivity index (χ0) is 16.7. The van der Waals surface area contributed by atoms with Gasteiger partial charge in [0.1, 0.15) is 5.75 Å². The fourth-order valence-electron chi connectivity index (χ4n) is 1.70. The molecule has 2 aromatic carbocycles. The SMILES string of the molecule is CC(Oc1ccc([N+](=O)[O-])cc1)C(=O)N/N=C/c1ccccc1. The lowest BCUT2D eigenvalue weighted by Gasteiger charge is -2.12. The van der Waals surface area contributed by atoms with Crippen LogP contribution in [0.25, 0.3) is 0 Å². The van der Waals surface area contributed by atoms with Crippen molar-refractivity contribution in [2.24, 2.45) is 5.10 Å². The maximum atomic E-state index is 11.9. The number of nitro benzene ring substituents is 1. The average Bonchev–Trinajstić information content (AvgIpc) is 2.56. The van der Waals surface area contributed by atoms with E-state index in [9.17, 15) is 14.9 Å². The van der Waals surface area contributed by atoms with Gasteiger partial charge in [0, 0.05) is 12.1 Å². The lowest BCUT2D eigenvalue weighted by molar-refractivity contribution is -0.384. The maximum Gasteiger partial charge on any atom is 0.280 e. The molecule has 0 aromatic heterocycles. The molecule has 2 aromatic rings. The van der Waals surface area contributed by atoms with E-state index in [0.717, 1.165) is 5.56 Å². The van der Waals surface area contributed by atoms with E-state index < -0.39 is 16.9 Å². The van der Waals surface area contributed by atoms with Gasteiger partial charge in [0.15, 0.2) is 6.10 Å². The van der Waals surface area contributed by atoms with Gasteiger partial charge in [0.25, 0.3) is 11.6 Å². The van der Waals surface area contributed by atoms with E-state index in [2.05, 4.69) is 10.5 Å². The summed E-state index contributed by atoms with van der Waals surface area (Å²) in [7, 11) is 0. The number of non-ortho nitro benzene ring substituents is 1. The van der Waals surface area contributed by atoms with Crippen LogP contribution in [0.5, 0.6) is 5.75 Å². The third-order valence-corrected chi connectivity index (χ3v) is 2.92. The van der Waals surface area contributed by atoms with E-state index in [-0.39, 0.29) is 5.69 Å². The number of hydrogen-bond donors (Lipinski definition) is 1. The normalized spacial score (nSPS) is 11.9. The summed E-state index contributed by atoms with van der Waals surface area (Å²) in [5, 5.41) is 14.4. The lowest BCUT2D eigenvalue weighted by atomic mass is 10.2. The molecule has 0 aliphatic rings. The maximum absolute atomic E-state index is 11.9. The number of nitrogens with zero attached hydrogens (tertiary/aromatic N) is 2. The van der Waals surface area contributed by atoms with Crippen LogP contribution in [-0.4, -0.2) is 23.1 Å². The first-order chi connectivity index (χ1) is 11.1. The molecule has 0 aliphatic carbocycles. The van der Waals surface area contributed by atoms with Crippen LogP contribution in [0, 0.1) is 10.1 Å². The quantitative estimate of drug-likeness (QED) is 0.503. The molecule has 1 unspecified atom stereocenters. The Kier molecular flexibility index (Phi) is 5.40. The van der Waals surface area contributed by atoms with Gasteiger partial charge in [0.2, 0.25) is 0 Å². The highest BCUT2D eigenvalue weighted by Gasteiger charge is 2.14. The number of nitrogens with one attached hydrogen (secondary N) is 1. The summed E-state index contributed by atoms with van der Waals surface area (Å²) in [4.78, 5) is 21.9. The van der Waals surface area contributed by atoms with Gasteiger partial charge < -0.3 is 4.74 Å². The predicted molar refractivity (Wildman–Crippen MR) is 85.4 cm³/mol. The molecule has 0 radical (unpaired) electrons. The van der Waals surface area contributed by atoms with E-state index in [1.54, 1.807) is 6.92 Å². The van der Waals surface area contributed by atoms with Gasteiger partial charge in [-0.2, -0.15) is 5.10 Å². The zero-order valence-corrected chi connectivity index (χ0v) is 12.4. The van der Waals surface area contributed by atoms with Gasteiger partial charge in [-0.15, -0.1) is 0 Å². The largest absolute Gasteiger partial charge is 0.481 e. The molecule has 0 spiro atoms. The van der Waals surface area contributed by atoms with Crippen LogP contribution in [0.1, 0.15) is 12.5 Å². The first kappa shape index (κ1) is 16.2. The second-order valence-corrected chi connectivity index (χ2v) is 4.66. The minimum absolute atomic E-state index is 0.0399. The summed E-state index contributed by atoms with van der Waals surface area (Å²) >= 11 is 0. The van der Waals surface area contributed by atoms with Crippen LogP contribution in [0.3, 0.4) is 0 Å². The Morgan fingerprint density at radius 1 is 1.22 bits per heavy atom. The van der Waals surface area contributed by atoms with Crippen molar-refractivity contribution >= 4 is 17.8 Å². The molecule has 2 rings (SSSR count). The van der Waals surface area contributed by atoms with Crippen molar-refractivity contribution in [3.63, 3.8) is 0 Å². The number of carbonyl (C=O) groups excluding carboxylic acids is 1. The number of hydrogen-bond acceptors (Lipinski definition) is 5. The molecule has 0 aliphatic heterocycles. The molecule has 7 heteroatoms. The molecule has 0 saturated heterocycles. The molecule has 1 amide bonds. The smallest absolute Gasteiger partial charge is 0.280 e. The molecule has 0 fully saturated rings. The van der Waals surface area contributed by atoms with Crippen molar-refractivity contribution in [2.75, 3.05) is 0 Å². The molecule has 7 nitrogen and oxygen atoms in total. The lowest BCUT2D eigenvalue weighted by Crippen LogP contribution is -2.33. The molecular formula is C16H15N3O4. The van der Waals surface area contributed by atoms with E-state index in [1.807, 2.05) is 30.3 Å². The van der Waals surface area contributed by atoms with Crippen molar-refractivity contribution in [3.05, 3.63) is 70.3 Å². The number of nitro groups is 1. The molecule has 1 atom stereocenters. The first-order valence-corrected chi connectivity index (χ1v) is 6.85. The zero-order valence-electron chi connectivity index (χ0n) is 12.4. The number of ether oxygens (including phenoxy) is 1.